The van der Waals surface area contributed by atoms with Crippen LogP contribution < -0.4 is 10.2 Å². The van der Waals surface area contributed by atoms with Crippen molar-refractivity contribution in [1.29, 1.82) is 0 Å². The molecule has 0 fully saturated rings. The molecule has 9 nitrogen and oxygen atoms in total. The fourth-order valence-electron chi connectivity index (χ4n) is 4.23. The van der Waals surface area contributed by atoms with E-state index in [9.17, 15) is 18.0 Å². The molecular weight excluding hydrogens is 559 g/mol. The van der Waals surface area contributed by atoms with Gasteiger partial charge in [-0.05, 0) is 71.4 Å². The molecule has 0 saturated heterocycles. The number of carbonyl (C=O) groups is 2. The monoisotopic (exact) mass is 590 g/mol. The summed E-state index contributed by atoms with van der Waals surface area (Å²) in [5.74, 6) is -2.24. The van der Waals surface area contributed by atoms with Crippen LogP contribution >= 0.6 is 11.6 Å². The minimum absolute atomic E-state index is 0.00616. The highest BCUT2D eigenvalue weighted by atomic mass is 35.5. The lowest BCUT2D eigenvalue weighted by Gasteiger charge is -2.27. The Morgan fingerprint density at radius 2 is 1.80 bits per heavy atom. The molecule has 0 unspecified atom stereocenters. The maximum absolute atomic E-state index is 15.5. The van der Waals surface area contributed by atoms with Crippen LogP contribution in [-0.2, 0) is 31.5 Å². The van der Waals surface area contributed by atoms with Crippen molar-refractivity contribution in [2.24, 2.45) is 0 Å². The highest BCUT2D eigenvalue weighted by molar-refractivity contribution is 7.91. The zero-order valence-electron chi connectivity index (χ0n) is 23.2. The Hall–Kier alpha value is -3.44. The first kappa shape index (κ1) is 29.5. The van der Waals surface area contributed by atoms with E-state index < -0.39 is 45.1 Å². The molecule has 214 valence electrons. The van der Waals surface area contributed by atoms with Gasteiger partial charge in [-0.1, -0.05) is 23.7 Å². The van der Waals surface area contributed by atoms with Crippen molar-refractivity contribution in [3.05, 3.63) is 65.2 Å². The number of benzene rings is 2. The molecule has 2 aromatic carbocycles. The van der Waals surface area contributed by atoms with E-state index >= 15 is 4.39 Å². The summed E-state index contributed by atoms with van der Waals surface area (Å²) >= 11 is 6.03. The minimum atomic E-state index is -4.24. The summed E-state index contributed by atoms with van der Waals surface area (Å²) in [7, 11) is -4.24. The van der Waals surface area contributed by atoms with Crippen LogP contribution in [0, 0.1) is 5.82 Å². The van der Waals surface area contributed by atoms with E-state index in [1.165, 1.54) is 17.2 Å². The molecule has 0 aliphatic carbocycles. The Morgan fingerprint density at radius 1 is 1.15 bits per heavy atom. The fourth-order valence-corrected chi connectivity index (χ4v) is 5.97. The van der Waals surface area contributed by atoms with Gasteiger partial charge in [-0.25, -0.2) is 17.6 Å². The Balaban J connectivity index is 1.85. The van der Waals surface area contributed by atoms with Crippen LogP contribution in [0.2, 0.25) is 5.02 Å². The van der Waals surface area contributed by atoms with Crippen molar-refractivity contribution in [3.8, 4) is 11.1 Å². The number of rotatable bonds is 4. The molecule has 1 aromatic heterocycles. The molecule has 40 heavy (non-hydrogen) atoms. The summed E-state index contributed by atoms with van der Waals surface area (Å²) in [6.07, 6.45) is 2.20. The Morgan fingerprint density at radius 3 is 2.38 bits per heavy atom. The number of hydrogen-bond donors (Lipinski definition) is 1. The van der Waals surface area contributed by atoms with Crippen molar-refractivity contribution in [2.75, 3.05) is 10.7 Å². The minimum Gasteiger partial charge on any atom is -0.444 e. The molecule has 3 aromatic rings. The summed E-state index contributed by atoms with van der Waals surface area (Å²) in [6.45, 7) is 10.7. The van der Waals surface area contributed by atoms with Gasteiger partial charge in [-0.2, -0.15) is 5.10 Å². The molecule has 1 aliphatic rings. The predicted octanol–water partition coefficient (Wildman–Crippen LogP) is 5.31. The van der Waals surface area contributed by atoms with Crippen LogP contribution in [-0.4, -0.2) is 47.6 Å². The highest BCUT2D eigenvalue weighted by Crippen LogP contribution is 2.38. The average Bonchev–Trinajstić information content (AvgIpc) is 3.30. The summed E-state index contributed by atoms with van der Waals surface area (Å²) < 4.78 is 49.5. The molecule has 1 atom stereocenters. The van der Waals surface area contributed by atoms with Crippen LogP contribution in [0.15, 0.2) is 53.7 Å². The maximum Gasteiger partial charge on any atom is 0.408 e. The van der Waals surface area contributed by atoms with Gasteiger partial charge in [0.05, 0.1) is 34.6 Å². The first-order valence-corrected chi connectivity index (χ1v) is 14.6. The van der Waals surface area contributed by atoms with E-state index in [1.54, 1.807) is 55.9 Å². The van der Waals surface area contributed by atoms with Gasteiger partial charge >= 0.3 is 6.09 Å². The Bertz CT molecular complexity index is 1560. The van der Waals surface area contributed by atoms with E-state index in [4.69, 9.17) is 16.3 Å². The molecule has 2 heterocycles. The molecule has 1 aliphatic heterocycles. The lowest BCUT2D eigenvalue weighted by molar-refractivity contribution is -0.120. The molecule has 0 saturated carbocycles. The molecule has 2 amide bonds. The van der Waals surface area contributed by atoms with E-state index in [-0.39, 0.29) is 28.2 Å². The van der Waals surface area contributed by atoms with Gasteiger partial charge in [0.25, 0.3) is 5.91 Å². The molecule has 12 heteroatoms. The third kappa shape index (κ3) is 6.47. The van der Waals surface area contributed by atoms with Crippen molar-refractivity contribution in [1.82, 2.24) is 15.1 Å². The van der Waals surface area contributed by atoms with Gasteiger partial charge in [0.15, 0.2) is 9.84 Å². The second-order valence-electron chi connectivity index (χ2n) is 11.7. The summed E-state index contributed by atoms with van der Waals surface area (Å²) in [5.41, 5.74) is -0.117. The number of nitrogens with one attached hydrogen (secondary N) is 1. The quantitative estimate of drug-likeness (QED) is 0.441. The Kier molecular flexibility index (Phi) is 7.76. The molecule has 0 bridgehead atoms. The van der Waals surface area contributed by atoms with Crippen molar-refractivity contribution in [2.45, 2.75) is 70.2 Å². The van der Waals surface area contributed by atoms with Gasteiger partial charge < -0.3 is 15.0 Å². The van der Waals surface area contributed by atoms with E-state index in [1.807, 2.05) is 20.8 Å². The topological polar surface area (TPSA) is 111 Å². The highest BCUT2D eigenvalue weighted by Gasteiger charge is 2.40. The number of alkyl carbamates (subject to hydrolysis) is 1. The number of amides is 2. The lowest BCUT2D eigenvalue weighted by Crippen LogP contribution is -2.51. The number of aromatic nitrogens is 2. The van der Waals surface area contributed by atoms with Crippen LogP contribution in [0.4, 0.5) is 14.9 Å². The number of hydrogen-bond acceptors (Lipinski definition) is 6. The number of nitrogens with zero attached hydrogens (tertiary/aromatic N) is 3. The lowest BCUT2D eigenvalue weighted by atomic mass is 10.1. The van der Waals surface area contributed by atoms with Crippen LogP contribution in [0.3, 0.4) is 0 Å². The average molecular weight is 591 g/mol. The normalized spacial score (nSPS) is 17.2. The summed E-state index contributed by atoms with van der Waals surface area (Å²) in [4.78, 5) is 27.3. The first-order valence-electron chi connectivity index (χ1n) is 12.6. The third-order valence-corrected chi connectivity index (χ3v) is 8.17. The van der Waals surface area contributed by atoms with Crippen molar-refractivity contribution >= 4 is 39.1 Å². The smallest absolute Gasteiger partial charge is 0.408 e. The van der Waals surface area contributed by atoms with Crippen LogP contribution in [0.25, 0.3) is 11.1 Å². The van der Waals surface area contributed by atoms with E-state index in [0.29, 0.717) is 16.1 Å². The van der Waals surface area contributed by atoms with Crippen molar-refractivity contribution < 1.29 is 27.1 Å². The van der Waals surface area contributed by atoms with Gasteiger partial charge in [-0.3, -0.25) is 9.48 Å². The predicted molar refractivity (Wildman–Crippen MR) is 150 cm³/mol. The zero-order valence-corrected chi connectivity index (χ0v) is 24.7. The van der Waals surface area contributed by atoms with Crippen molar-refractivity contribution in [3.63, 3.8) is 0 Å². The number of fused-ring (bicyclic) bond motifs is 1. The molecule has 1 N–H and O–H groups in total. The number of sulfone groups is 1. The second kappa shape index (κ2) is 10.5. The summed E-state index contributed by atoms with van der Waals surface area (Å²) in [6, 6.07) is 7.47. The van der Waals surface area contributed by atoms with Gasteiger partial charge in [0, 0.05) is 22.3 Å². The van der Waals surface area contributed by atoms with E-state index in [2.05, 4.69) is 10.4 Å². The molecular formula is C28H32ClFN4O5S. The number of ether oxygens (including phenoxy) is 1. The first-order chi connectivity index (χ1) is 18.4. The molecule has 0 spiro atoms. The standard InChI is InChI=1S/C28H32ClFN4O5S/c1-27(2,3)34-15-18(13-31-34)20-11-23-24(12-21(20)30)40(37,38)16-22(32-26(36)39-28(4,5)6)25(35)33(23)14-17-7-9-19(29)10-8-17/h7-13,15,22H,14,16H2,1-6H3,(H,32,36)/t22-/m0/s1. The zero-order chi connectivity index (χ0) is 29.6. The number of halogens is 2. The van der Waals surface area contributed by atoms with Gasteiger partial charge in [0.1, 0.15) is 17.5 Å². The van der Waals surface area contributed by atoms with Crippen LogP contribution in [0.1, 0.15) is 47.1 Å². The second-order valence-corrected chi connectivity index (χ2v) is 14.1. The van der Waals surface area contributed by atoms with Gasteiger partial charge in [0.2, 0.25) is 0 Å². The van der Waals surface area contributed by atoms with Gasteiger partial charge in [-0.15, -0.1) is 0 Å². The summed E-state index contributed by atoms with van der Waals surface area (Å²) in [5, 5.41) is 7.21. The molecule has 4 rings (SSSR count). The van der Waals surface area contributed by atoms with Crippen LogP contribution in [0.5, 0.6) is 0 Å². The fraction of sp³-hybridized carbons (Fsp3) is 0.393. The molecule has 0 radical (unpaired) electrons. The Labute approximate surface area is 238 Å². The van der Waals surface area contributed by atoms with E-state index in [0.717, 1.165) is 6.07 Å². The number of anilines is 1. The number of carbonyl (C=O) groups excluding carboxylic acids is 2. The maximum atomic E-state index is 15.5. The largest absolute Gasteiger partial charge is 0.444 e. The third-order valence-electron chi connectivity index (χ3n) is 6.15. The SMILES string of the molecule is CC(C)(C)OC(=O)N[C@H]1CS(=O)(=O)c2cc(F)c(-c3cnn(C(C)(C)C)c3)cc2N(Cc2ccc(Cl)cc2)C1=O.